The van der Waals surface area contributed by atoms with Crippen molar-refractivity contribution in [3.63, 3.8) is 0 Å². The van der Waals surface area contributed by atoms with Crippen molar-refractivity contribution in [3.8, 4) is 11.1 Å². The van der Waals surface area contributed by atoms with Gasteiger partial charge in [-0.25, -0.2) is 0 Å². The SMILES string of the molecule is O=CS1(C=O)C=Cc2c3cc-3cc21. The van der Waals surface area contributed by atoms with Crippen molar-refractivity contribution in [2.24, 2.45) is 0 Å². The molecule has 13 heavy (non-hydrogen) atoms. The fourth-order valence-electron chi connectivity index (χ4n) is 1.73. The van der Waals surface area contributed by atoms with E-state index < -0.39 is 10.0 Å². The lowest BCUT2D eigenvalue weighted by Gasteiger charge is -2.18. The molecular weight excluding hydrogens is 184 g/mol. The highest BCUT2D eigenvalue weighted by molar-refractivity contribution is 8.55. The molecule has 0 bridgehead atoms. The van der Waals surface area contributed by atoms with Crippen LogP contribution in [0.25, 0.3) is 17.2 Å². The molecule has 0 N–H and O–H groups in total. The molecule has 1 aliphatic heterocycles. The van der Waals surface area contributed by atoms with Crippen LogP contribution in [-0.4, -0.2) is 11.2 Å². The first-order valence-electron chi connectivity index (χ1n) is 3.91. The second kappa shape index (κ2) is 1.93. The zero-order chi connectivity index (χ0) is 9.05. The normalized spacial score (nSPS) is 20.6. The van der Waals surface area contributed by atoms with Gasteiger partial charge in [0.05, 0.1) is 0 Å². The maximum absolute atomic E-state index is 10.9. The van der Waals surface area contributed by atoms with Gasteiger partial charge in [-0.1, -0.05) is 10.0 Å². The van der Waals surface area contributed by atoms with Crippen molar-refractivity contribution < 1.29 is 9.59 Å². The average Bonchev–Trinajstić information content (AvgIpc) is 2.71. The molecule has 0 fully saturated rings. The molecule has 0 atom stereocenters. The van der Waals surface area contributed by atoms with E-state index in [2.05, 4.69) is 6.07 Å². The lowest BCUT2D eigenvalue weighted by atomic mass is 10.3. The Hall–Kier alpha value is -1.35. The fraction of sp³-hybridized carbons (Fsp3) is 0. The van der Waals surface area contributed by atoms with Crippen molar-refractivity contribution >= 4 is 27.3 Å². The van der Waals surface area contributed by atoms with Gasteiger partial charge < -0.3 is 0 Å². The molecule has 0 spiro atoms. The zero-order valence-electron chi connectivity index (χ0n) is 6.69. The third kappa shape index (κ3) is 0.664. The minimum Gasteiger partial charge on any atom is -0.291 e. The van der Waals surface area contributed by atoms with E-state index in [0.29, 0.717) is 0 Å². The van der Waals surface area contributed by atoms with Gasteiger partial charge in [0, 0.05) is 4.90 Å². The van der Waals surface area contributed by atoms with Crippen LogP contribution in [0, 0.1) is 0 Å². The molecule has 0 amide bonds. The largest absolute Gasteiger partial charge is 0.291 e. The van der Waals surface area contributed by atoms with E-state index >= 15 is 0 Å². The minimum atomic E-state index is -1.90. The third-order valence-corrected chi connectivity index (χ3v) is 4.85. The molecule has 0 aromatic carbocycles. The van der Waals surface area contributed by atoms with Crippen LogP contribution in [0.3, 0.4) is 0 Å². The number of hydrogen-bond acceptors (Lipinski definition) is 2. The summed E-state index contributed by atoms with van der Waals surface area (Å²) < 4.78 is 0. The summed E-state index contributed by atoms with van der Waals surface area (Å²) in [6.45, 7) is 0. The van der Waals surface area contributed by atoms with Gasteiger partial charge >= 0.3 is 0 Å². The van der Waals surface area contributed by atoms with Crippen molar-refractivity contribution in [3.05, 3.63) is 23.1 Å². The molecule has 3 heteroatoms. The van der Waals surface area contributed by atoms with Crippen LogP contribution in [0.15, 0.2) is 22.4 Å². The first-order valence-corrected chi connectivity index (χ1v) is 5.73. The van der Waals surface area contributed by atoms with Crippen LogP contribution >= 0.6 is 10.0 Å². The molecule has 0 saturated carbocycles. The Kier molecular flexibility index (Phi) is 1.05. The Labute approximate surface area is 76.6 Å². The molecule has 2 nitrogen and oxygen atoms in total. The van der Waals surface area contributed by atoms with Gasteiger partial charge in [0.25, 0.3) is 0 Å². The average molecular weight is 190 g/mol. The monoisotopic (exact) mass is 190 g/mol. The third-order valence-electron chi connectivity index (χ3n) is 2.53. The standard InChI is InChI=1S/C10H6O2S/c11-5-13(6-12)2-1-8-9-3-7(9)4-10(8)13/h1-6H. The van der Waals surface area contributed by atoms with E-state index in [4.69, 9.17) is 0 Å². The van der Waals surface area contributed by atoms with Crippen molar-refractivity contribution in [1.29, 1.82) is 0 Å². The second-order valence-electron chi connectivity index (χ2n) is 3.19. The number of carbonyl (C=O) groups excluding carboxylic acids is 2. The molecule has 2 aliphatic carbocycles. The predicted molar refractivity (Wildman–Crippen MR) is 53.8 cm³/mol. The van der Waals surface area contributed by atoms with Crippen LogP contribution in [0.1, 0.15) is 5.56 Å². The highest BCUT2D eigenvalue weighted by Crippen LogP contribution is 2.63. The summed E-state index contributed by atoms with van der Waals surface area (Å²) in [6.07, 6.45) is 1.90. The van der Waals surface area contributed by atoms with Crippen LogP contribution < -0.4 is 0 Å². The smallest absolute Gasteiger partial charge is 0.173 e. The van der Waals surface area contributed by atoms with E-state index in [9.17, 15) is 9.59 Å². The lowest BCUT2D eigenvalue weighted by molar-refractivity contribution is 0.566. The summed E-state index contributed by atoms with van der Waals surface area (Å²) in [5.74, 6) is 0. The summed E-state index contributed by atoms with van der Waals surface area (Å²) in [6, 6.07) is 4.02. The lowest BCUT2D eigenvalue weighted by Crippen LogP contribution is -1.95. The van der Waals surface area contributed by atoms with E-state index in [1.807, 2.05) is 12.1 Å². The Morgan fingerprint density at radius 3 is 2.62 bits per heavy atom. The van der Waals surface area contributed by atoms with Gasteiger partial charge in [-0.15, -0.1) is 0 Å². The number of fused-ring (bicyclic) bond motifs is 3. The summed E-state index contributed by atoms with van der Waals surface area (Å²) in [5, 5.41) is 1.75. The number of carbonyl (C=O) groups is 2. The zero-order valence-corrected chi connectivity index (χ0v) is 7.51. The molecule has 0 aromatic rings. The molecule has 0 unspecified atom stereocenters. The first-order chi connectivity index (χ1) is 6.30. The predicted octanol–water partition coefficient (Wildman–Crippen LogP) is 2.20. The quantitative estimate of drug-likeness (QED) is 0.680. The number of hydrogen-bond donors (Lipinski definition) is 0. The van der Waals surface area contributed by atoms with Crippen LogP contribution in [0.5, 0.6) is 0 Å². The molecule has 64 valence electrons. The topological polar surface area (TPSA) is 34.1 Å². The summed E-state index contributed by atoms with van der Waals surface area (Å²) in [5.41, 5.74) is 5.08. The maximum atomic E-state index is 10.9. The van der Waals surface area contributed by atoms with E-state index in [-0.39, 0.29) is 0 Å². The van der Waals surface area contributed by atoms with Crippen LogP contribution in [-0.2, 0) is 9.59 Å². The van der Waals surface area contributed by atoms with Gasteiger partial charge in [-0.3, -0.25) is 9.59 Å². The van der Waals surface area contributed by atoms with E-state index in [1.165, 1.54) is 11.1 Å². The van der Waals surface area contributed by atoms with Crippen molar-refractivity contribution in [2.45, 2.75) is 4.90 Å². The highest BCUT2D eigenvalue weighted by atomic mass is 32.3. The summed E-state index contributed by atoms with van der Waals surface area (Å²) in [7, 11) is -1.90. The van der Waals surface area contributed by atoms with Crippen molar-refractivity contribution in [2.75, 3.05) is 0 Å². The Morgan fingerprint density at radius 1 is 1.15 bits per heavy atom. The second-order valence-corrected chi connectivity index (χ2v) is 5.81. The minimum absolute atomic E-state index is 0.793. The molecule has 3 rings (SSSR count). The molecular formula is C10H6O2S. The van der Waals surface area contributed by atoms with Crippen LogP contribution in [0.4, 0.5) is 0 Å². The van der Waals surface area contributed by atoms with E-state index in [0.717, 1.165) is 21.7 Å². The number of benzene rings is 1. The molecule has 0 radical (unpaired) electrons. The first kappa shape index (κ1) is 7.09. The molecule has 1 heterocycles. The molecule has 0 saturated heterocycles. The van der Waals surface area contributed by atoms with Gasteiger partial charge in [-0.2, -0.15) is 0 Å². The Morgan fingerprint density at radius 2 is 1.92 bits per heavy atom. The highest BCUT2D eigenvalue weighted by Gasteiger charge is 2.35. The van der Waals surface area contributed by atoms with Gasteiger partial charge in [-0.05, 0) is 40.3 Å². The van der Waals surface area contributed by atoms with Crippen LogP contribution in [0.2, 0.25) is 0 Å². The Bertz CT molecular complexity index is 466. The van der Waals surface area contributed by atoms with Gasteiger partial charge in [0.2, 0.25) is 0 Å². The van der Waals surface area contributed by atoms with Gasteiger partial charge in [0.1, 0.15) is 0 Å². The van der Waals surface area contributed by atoms with E-state index in [1.54, 1.807) is 5.41 Å². The molecule has 3 aliphatic rings. The number of rotatable bonds is 2. The summed E-state index contributed by atoms with van der Waals surface area (Å²) in [4.78, 5) is 22.7. The van der Waals surface area contributed by atoms with Crippen molar-refractivity contribution in [1.82, 2.24) is 0 Å². The van der Waals surface area contributed by atoms with Gasteiger partial charge in [0.15, 0.2) is 11.2 Å². The maximum Gasteiger partial charge on any atom is 0.173 e. The Balaban J connectivity index is 2.29. The fourth-order valence-corrected chi connectivity index (χ4v) is 3.51. The molecule has 0 aromatic heterocycles. The summed E-state index contributed by atoms with van der Waals surface area (Å²) >= 11 is 0.